The summed E-state index contributed by atoms with van der Waals surface area (Å²) in [5.41, 5.74) is 3.44. The van der Waals surface area contributed by atoms with Gasteiger partial charge in [-0.25, -0.2) is 9.38 Å². The Balaban J connectivity index is 1.24. The SMILES string of the molecule is CCC(C)n1ccc2ccc(CN3CCC4(CC3C)C(NC3CCCCC3)=NCN4c3cccc(F)c3)cc21. The second kappa shape index (κ2) is 11.0. The third-order valence-electron chi connectivity index (χ3n) is 9.70. The number of fused-ring (bicyclic) bond motifs is 1. The van der Waals surface area contributed by atoms with E-state index >= 15 is 0 Å². The number of rotatable bonds is 6. The van der Waals surface area contributed by atoms with E-state index in [0.29, 0.717) is 24.8 Å². The highest BCUT2D eigenvalue weighted by atomic mass is 19.1. The normalized spacial score (nSPS) is 25.4. The predicted molar refractivity (Wildman–Crippen MR) is 160 cm³/mol. The minimum absolute atomic E-state index is 0.181. The summed E-state index contributed by atoms with van der Waals surface area (Å²) >= 11 is 0. The number of aromatic nitrogens is 1. The van der Waals surface area contributed by atoms with Crippen molar-refractivity contribution < 1.29 is 4.39 Å². The Morgan fingerprint density at radius 3 is 2.72 bits per heavy atom. The first-order valence-corrected chi connectivity index (χ1v) is 15.1. The van der Waals surface area contributed by atoms with Gasteiger partial charge in [0.25, 0.3) is 0 Å². The number of benzene rings is 2. The number of nitrogens with zero attached hydrogens (tertiary/aromatic N) is 4. The molecule has 5 nitrogen and oxygen atoms in total. The van der Waals surface area contributed by atoms with E-state index < -0.39 is 0 Å². The third-order valence-corrected chi connectivity index (χ3v) is 9.70. The zero-order valence-electron chi connectivity index (χ0n) is 23.9. The van der Waals surface area contributed by atoms with Crippen LogP contribution in [0.25, 0.3) is 10.9 Å². The van der Waals surface area contributed by atoms with Crippen molar-refractivity contribution in [3.63, 3.8) is 0 Å². The quantitative estimate of drug-likeness (QED) is 0.365. The van der Waals surface area contributed by atoms with Gasteiger partial charge in [0, 0.05) is 48.6 Å². The minimum Gasteiger partial charge on any atom is -0.369 e. The number of amidine groups is 1. The van der Waals surface area contributed by atoms with E-state index in [4.69, 9.17) is 4.99 Å². The Kier molecular flexibility index (Phi) is 7.41. The fraction of sp³-hybridized carbons (Fsp3) is 0.545. The molecule has 1 N–H and O–H groups in total. The molecule has 0 radical (unpaired) electrons. The number of hydrogen-bond donors (Lipinski definition) is 1. The lowest BCUT2D eigenvalue weighted by Gasteiger charge is -2.49. The van der Waals surface area contributed by atoms with E-state index in [1.54, 1.807) is 6.07 Å². The molecule has 2 aromatic carbocycles. The monoisotopic (exact) mass is 529 g/mol. The molecule has 39 heavy (non-hydrogen) atoms. The second-order valence-corrected chi connectivity index (χ2v) is 12.2. The summed E-state index contributed by atoms with van der Waals surface area (Å²) in [6.07, 6.45) is 11.7. The zero-order valence-corrected chi connectivity index (χ0v) is 23.9. The predicted octanol–water partition coefficient (Wildman–Crippen LogP) is 7.27. The number of hydrogen-bond acceptors (Lipinski definition) is 4. The van der Waals surface area contributed by atoms with Gasteiger partial charge < -0.3 is 14.8 Å². The maximum absolute atomic E-state index is 14.3. The maximum atomic E-state index is 14.3. The molecule has 208 valence electrons. The van der Waals surface area contributed by atoms with Crippen LogP contribution in [-0.2, 0) is 6.54 Å². The van der Waals surface area contributed by atoms with Crippen LogP contribution in [-0.4, -0.2) is 46.1 Å². The fourth-order valence-electron chi connectivity index (χ4n) is 7.22. The van der Waals surface area contributed by atoms with Crippen molar-refractivity contribution in [2.75, 3.05) is 18.1 Å². The van der Waals surface area contributed by atoms with Crippen LogP contribution >= 0.6 is 0 Å². The highest BCUT2D eigenvalue weighted by Gasteiger charge is 2.50. The van der Waals surface area contributed by atoms with E-state index in [0.717, 1.165) is 43.9 Å². The van der Waals surface area contributed by atoms with E-state index in [1.165, 1.54) is 54.6 Å². The number of piperidine rings is 1. The van der Waals surface area contributed by atoms with Crippen LogP contribution in [0.2, 0.25) is 0 Å². The van der Waals surface area contributed by atoms with E-state index in [9.17, 15) is 4.39 Å². The van der Waals surface area contributed by atoms with Gasteiger partial charge in [-0.1, -0.05) is 44.4 Å². The Hall–Kier alpha value is -2.86. The van der Waals surface area contributed by atoms with Crippen molar-refractivity contribution in [3.8, 4) is 0 Å². The topological polar surface area (TPSA) is 35.8 Å². The van der Waals surface area contributed by atoms with Crippen LogP contribution in [0.15, 0.2) is 59.7 Å². The molecular formula is C33H44FN5. The van der Waals surface area contributed by atoms with Crippen LogP contribution in [0.3, 0.4) is 0 Å². The molecule has 3 atom stereocenters. The van der Waals surface area contributed by atoms with Gasteiger partial charge in [0.05, 0.1) is 0 Å². The molecule has 2 aliphatic heterocycles. The Morgan fingerprint density at radius 2 is 1.95 bits per heavy atom. The van der Waals surface area contributed by atoms with Crippen molar-refractivity contribution in [1.29, 1.82) is 0 Å². The molecule has 2 fully saturated rings. The summed E-state index contributed by atoms with van der Waals surface area (Å²) < 4.78 is 16.7. The number of halogens is 1. The van der Waals surface area contributed by atoms with Crippen LogP contribution in [0, 0.1) is 5.82 Å². The van der Waals surface area contributed by atoms with Crippen LogP contribution in [0.4, 0.5) is 10.1 Å². The van der Waals surface area contributed by atoms with Crippen molar-refractivity contribution in [3.05, 3.63) is 66.1 Å². The van der Waals surface area contributed by atoms with Gasteiger partial charge in [-0.2, -0.15) is 0 Å². The summed E-state index contributed by atoms with van der Waals surface area (Å²) in [5.74, 6) is 0.956. The highest BCUT2D eigenvalue weighted by Crippen LogP contribution is 2.41. The number of nitrogens with one attached hydrogen (secondary N) is 1. The van der Waals surface area contributed by atoms with Crippen molar-refractivity contribution >= 4 is 22.4 Å². The van der Waals surface area contributed by atoms with E-state index in [1.807, 2.05) is 12.1 Å². The average molecular weight is 530 g/mol. The molecule has 1 saturated heterocycles. The van der Waals surface area contributed by atoms with Gasteiger partial charge in [-0.05, 0) is 87.2 Å². The molecule has 1 spiro atoms. The molecule has 6 rings (SSSR count). The van der Waals surface area contributed by atoms with Gasteiger partial charge in [-0.3, -0.25) is 4.90 Å². The summed E-state index contributed by atoms with van der Waals surface area (Å²) in [6, 6.07) is 17.7. The number of likely N-dealkylation sites (tertiary alicyclic amines) is 1. The van der Waals surface area contributed by atoms with Gasteiger partial charge in [0.1, 0.15) is 23.9 Å². The van der Waals surface area contributed by atoms with Gasteiger partial charge >= 0.3 is 0 Å². The first kappa shape index (κ1) is 26.4. The summed E-state index contributed by atoms with van der Waals surface area (Å²) in [5, 5.41) is 5.23. The molecule has 3 aromatic rings. The molecule has 6 heteroatoms. The maximum Gasteiger partial charge on any atom is 0.125 e. The minimum atomic E-state index is -0.212. The Labute approximate surface area is 233 Å². The van der Waals surface area contributed by atoms with Crippen molar-refractivity contribution in [1.82, 2.24) is 14.8 Å². The standard InChI is InChI=1S/C33H44FN5/c1-4-24(2)38-17-15-27-14-13-26(19-31(27)38)22-37-18-16-33(21-25(37)3)32(36-29-10-6-5-7-11-29)35-23-39(33)30-12-8-9-28(34)20-30/h8-9,12-15,17,19-20,24-25,29H,4-7,10-11,16,18,21-23H2,1-3H3,(H,35,36). The smallest absolute Gasteiger partial charge is 0.125 e. The molecule has 1 aliphatic carbocycles. The van der Waals surface area contributed by atoms with Crippen molar-refractivity contribution in [2.24, 2.45) is 4.99 Å². The van der Waals surface area contributed by atoms with Crippen LogP contribution in [0.5, 0.6) is 0 Å². The molecule has 3 heterocycles. The first-order chi connectivity index (χ1) is 19.0. The van der Waals surface area contributed by atoms with Gasteiger partial charge in [-0.15, -0.1) is 0 Å². The molecule has 0 bridgehead atoms. The average Bonchev–Trinajstić information content (AvgIpc) is 3.52. The van der Waals surface area contributed by atoms with Gasteiger partial charge in [0.15, 0.2) is 0 Å². The molecule has 3 aliphatic rings. The molecule has 1 saturated carbocycles. The molecule has 1 aromatic heterocycles. The number of anilines is 1. The summed E-state index contributed by atoms with van der Waals surface area (Å²) in [7, 11) is 0. The first-order valence-electron chi connectivity index (χ1n) is 15.1. The Bertz CT molecular complexity index is 1320. The second-order valence-electron chi connectivity index (χ2n) is 12.2. The highest BCUT2D eigenvalue weighted by molar-refractivity contribution is 5.97. The van der Waals surface area contributed by atoms with Crippen LogP contribution in [0.1, 0.15) is 83.7 Å². The lowest BCUT2D eigenvalue weighted by molar-refractivity contribution is 0.121. The molecular weight excluding hydrogens is 485 g/mol. The van der Waals surface area contributed by atoms with E-state index in [-0.39, 0.29) is 11.4 Å². The fourth-order valence-corrected chi connectivity index (χ4v) is 7.22. The summed E-state index contributed by atoms with van der Waals surface area (Å²) in [4.78, 5) is 10.1. The number of aliphatic imine (C=N–C) groups is 1. The lowest BCUT2D eigenvalue weighted by Crippen LogP contribution is -2.63. The van der Waals surface area contributed by atoms with Crippen LogP contribution < -0.4 is 10.2 Å². The van der Waals surface area contributed by atoms with E-state index in [2.05, 4.69) is 70.9 Å². The Morgan fingerprint density at radius 1 is 1.10 bits per heavy atom. The molecule has 0 amide bonds. The van der Waals surface area contributed by atoms with Crippen molar-refractivity contribution in [2.45, 2.75) is 102 Å². The zero-order chi connectivity index (χ0) is 27.0. The third kappa shape index (κ3) is 5.08. The lowest BCUT2D eigenvalue weighted by atomic mass is 9.80. The molecule has 3 unspecified atom stereocenters. The largest absolute Gasteiger partial charge is 0.369 e. The van der Waals surface area contributed by atoms with Gasteiger partial charge in [0.2, 0.25) is 0 Å². The summed E-state index contributed by atoms with van der Waals surface area (Å²) in [6.45, 7) is 9.44.